The Morgan fingerprint density at radius 1 is 1.33 bits per heavy atom. The molecule has 1 atom stereocenters. The van der Waals surface area contributed by atoms with E-state index in [1.807, 2.05) is 6.92 Å². The van der Waals surface area contributed by atoms with E-state index in [9.17, 15) is 18.0 Å². The van der Waals surface area contributed by atoms with Crippen molar-refractivity contribution in [2.75, 3.05) is 37.7 Å². The molecule has 0 aromatic heterocycles. The van der Waals surface area contributed by atoms with Crippen LogP contribution in [0.5, 0.6) is 0 Å². The average Bonchev–Trinajstić information content (AvgIpc) is 2.36. The second-order valence-corrected chi connectivity index (χ2v) is 7.23. The normalized spacial score (nSPS) is 21.0. The zero-order chi connectivity index (χ0) is 15.9. The summed E-state index contributed by atoms with van der Waals surface area (Å²) in [6.45, 7) is 4.14. The Bertz CT molecular complexity index is 466. The van der Waals surface area contributed by atoms with Crippen LogP contribution in [0.3, 0.4) is 0 Å². The first kappa shape index (κ1) is 17.7. The molecular weight excluding hydrogens is 298 g/mol. The van der Waals surface area contributed by atoms with Crippen molar-refractivity contribution >= 4 is 21.8 Å². The topological polar surface area (TPSA) is 116 Å². The maximum absolute atomic E-state index is 12.0. The number of urea groups is 1. The van der Waals surface area contributed by atoms with Gasteiger partial charge in [0, 0.05) is 13.1 Å². The Kier molecular flexibility index (Phi) is 6.90. The van der Waals surface area contributed by atoms with Crippen molar-refractivity contribution in [1.82, 2.24) is 15.5 Å². The van der Waals surface area contributed by atoms with E-state index >= 15 is 0 Å². The number of carbonyl (C=O) groups is 2. The van der Waals surface area contributed by atoms with E-state index in [1.54, 1.807) is 0 Å². The molecule has 0 radical (unpaired) electrons. The Hall–Kier alpha value is -1.35. The zero-order valence-electron chi connectivity index (χ0n) is 12.2. The first-order chi connectivity index (χ1) is 9.85. The van der Waals surface area contributed by atoms with Gasteiger partial charge in [-0.05, 0) is 19.5 Å². The third kappa shape index (κ3) is 6.30. The third-order valence-electron chi connectivity index (χ3n) is 3.26. The summed E-state index contributed by atoms with van der Waals surface area (Å²) in [5.74, 6) is -1.51. The van der Waals surface area contributed by atoms with Crippen LogP contribution in [0.1, 0.15) is 19.8 Å². The summed E-state index contributed by atoms with van der Waals surface area (Å²) in [6.07, 6.45) is 0.402. The first-order valence-electron chi connectivity index (χ1n) is 7.03. The minimum Gasteiger partial charge on any atom is -0.481 e. The van der Waals surface area contributed by atoms with Gasteiger partial charge in [-0.2, -0.15) is 0 Å². The number of amides is 2. The van der Waals surface area contributed by atoms with Gasteiger partial charge in [0.2, 0.25) is 0 Å². The number of rotatable bonds is 7. The number of hydrogen-bond acceptors (Lipinski definition) is 5. The van der Waals surface area contributed by atoms with Gasteiger partial charge in [0.15, 0.2) is 9.84 Å². The minimum absolute atomic E-state index is 0.0410. The summed E-state index contributed by atoms with van der Waals surface area (Å²) in [4.78, 5) is 24.2. The molecule has 0 aromatic rings. The number of nitrogens with zero attached hydrogens (tertiary/aromatic N) is 1. The summed E-state index contributed by atoms with van der Waals surface area (Å²) in [5.41, 5.74) is 0. The van der Waals surface area contributed by atoms with Gasteiger partial charge in [0.25, 0.3) is 0 Å². The van der Waals surface area contributed by atoms with E-state index < -0.39 is 27.9 Å². The number of aliphatic carboxylic acids is 1. The summed E-state index contributed by atoms with van der Waals surface area (Å²) >= 11 is 0. The lowest BCUT2D eigenvalue weighted by Gasteiger charge is -2.34. The van der Waals surface area contributed by atoms with Gasteiger partial charge in [-0.3, -0.25) is 4.79 Å². The molecule has 9 heteroatoms. The van der Waals surface area contributed by atoms with E-state index in [0.717, 1.165) is 19.5 Å². The second kappa shape index (κ2) is 8.18. The quantitative estimate of drug-likeness (QED) is 0.532. The molecular formula is C12H23N3O5S. The Morgan fingerprint density at radius 3 is 2.67 bits per heavy atom. The Balaban J connectivity index is 2.52. The van der Waals surface area contributed by atoms with Gasteiger partial charge < -0.3 is 20.6 Å². The zero-order valence-corrected chi connectivity index (χ0v) is 13.0. The van der Waals surface area contributed by atoms with Crippen LogP contribution in [-0.4, -0.2) is 74.2 Å². The van der Waals surface area contributed by atoms with Crippen molar-refractivity contribution in [3.05, 3.63) is 0 Å². The number of carboxylic acid groups (broad SMARTS) is 1. The fraction of sp³-hybridized carbons (Fsp3) is 0.833. The maximum Gasteiger partial charge on any atom is 0.317 e. The standard InChI is InChI=1S/C12H23N3O5S/c1-2-13-4-3-5-14-12(18)15-6-7-21(19,20)9-10(15)8-11(16)17/h10,13H,2-9H2,1H3,(H,14,18)(H,16,17). The van der Waals surface area contributed by atoms with Gasteiger partial charge in [0.1, 0.15) is 0 Å². The molecule has 0 bridgehead atoms. The molecule has 1 unspecified atom stereocenters. The second-order valence-electron chi connectivity index (χ2n) is 5.00. The summed E-state index contributed by atoms with van der Waals surface area (Å²) in [5, 5.41) is 14.7. The van der Waals surface area contributed by atoms with Gasteiger partial charge in [-0.1, -0.05) is 6.92 Å². The lowest BCUT2D eigenvalue weighted by molar-refractivity contribution is -0.138. The van der Waals surface area contributed by atoms with Crippen molar-refractivity contribution < 1.29 is 23.1 Å². The molecule has 21 heavy (non-hydrogen) atoms. The number of carboxylic acids is 1. The van der Waals surface area contributed by atoms with E-state index in [2.05, 4.69) is 10.6 Å². The smallest absolute Gasteiger partial charge is 0.317 e. The molecule has 1 rings (SSSR count). The first-order valence-corrected chi connectivity index (χ1v) is 8.85. The largest absolute Gasteiger partial charge is 0.481 e. The molecule has 1 aliphatic heterocycles. The van der Waals surface area contributed by atoms with E-state index in [4.69, 9.17) is 5.11 Å². The van der Waals surface area contributed by atoms with Crippen molar-refractivity contribution in [1.29, 1.82) is 0 Å². The molecule has 0 saturated carbocycles. The third-order valence-corrected chi connectivity index (χ3v) is 4.96. The molecule has 8 nitrogen and oxygen atoms in total. The van der Waals surface area contributed by atoms with Gasteiger partial charge in [-0.25, -0.2) is 13.2 Å². The molecule has 1 heterocycles. The van der Waals surface area contributed by atoms with Crippen LogP contribution in [-0.2, 0) is 14.6 Å². The maximum atomic E-state index is 12.0. The summed E-state index contributed by atoms with van der Waals surface area (Å²) in [6, 6.07) is -1.19. The molecule has 1 saturated heterocycles. The highest BCUT2D eigenvalue weighted by Crippen LogP contribution is 2.15. The molecule has 3 N–H and O–H groups in total. The average molecular weight is 321 g/mol. The fourth-order valence-electron chi connectivity index (χ4n) is 2.21. The van der Waals surface area contributed by atoms with Crippen molar-refractivity contribution in [3.8, 4) is 0 Å². The summed E-state index contributed by atoms with van der Waals surface area (Å²) < 4.78 is 23.2. The van der Waals surface area contributed by atoms with Crippen molar-refractivity contribution in [2.45, 2.75) is 25.8 Å². The van der Waals surface area contributed by atoms with Crippen LogP contribution >= 0.6 is 0 Å². The minimum atomic E-state index is -3.27. The number of carbonyl (C=O) groups excluding carboxylic acids is 1. The van der Waals surface area contributed by atoms with Crippen LogP contribution in [0.2, 0.25) is 0 Å². The van der Waals surface area contributed by atoms with Crippen LogP contribution in [0, 0.1) is 0 Å². The van der Waals surface area contributed by atoms with Gasteiger partial charge in [0.05, 0.1) is 24.0 Å². The molecule has 0 aliphatic carbocycles. The van der Waals surface area contributed by atoms with E-state index in [1.165, 1.54) is 4.90 Å². The molecule has 1 fully saturated rings. The van der Waals surface area contributed by atoms with Crippen LogP contribution < -0.4 is 10.6 Å². The Morgan fingerprint density at radius 2 is 2.05 bits per heavy atom. The fourth-order valence-corrected chi connectivity index (χ4v) is 3.74. The Labute approximate surface area is 124 Å². The molecule has 2 amide bonds. The number of hydrogen-bond donors (Lipinski definition) is 3. The van der Waals surface area contributed by atoms with E-state index in [0.29, 0.717) is 6.54 Å². The number of sulfone groups is 1. The van der Waals surface area contributed by atoms with E-state index in [-0.39, 0.29) is 24.5 Å². The predicted molar refractivity (Wildman–Crippen MR) is 78.0 cm³/mol. The van der Waals surface area contributed by atoms with Crippen LogP contribution in [0.4, 0.5) is 4.79 Å². The van der Waals surface area contributed by atoms with Gasteiger partial charge in [-0.15, -0.1) is 0 Å². The number of nitrogens with one attached hydrogen (secondary N) is 2. The van der Waals surface area contributed by atoms with Crippen LogP contribution in [0.25, 0.3) is 0 Å². The van der Waals surface area contributed by atoms with Crippen molar-refractivity contribution in [3.63, 3.8) is 0 Å². The monoisotopic (exact) mass is 321 g/mol. The molecule has 0 aromatic carbocycles. The molecule has 122 valence electrons. The highest BCUT2D eigenvalue weighted by atomic mass is 32.2. The molecule has 0 spiro atoms. The highest BCUT2D eigenvalue weighted by molar-refractivity contribution is 7.91. The van der Waals surface area contributed by atoms with Crippen LogP contribution in [0.15, 0.2) is 0 Å². The summed E-state index contributed by atoms with van der Waals surface area (Å²) in [7, 11) is -3.27. The SMILES string of the molecule is CCNCCCNC(=O)N1CCS(=O)(=O)CC1CC(=O)O. The lowest BCUT2D eigenvalue weighted by Crippen LogP contribution is -2.55. The highest BCUT2D eigenvalue weighted by Gasteiger charge is 2.35. The van der Waals surface area contributed by atoms with Crippen molar-refractivity contribution in [2.24, 2.45) is 0 Å². The predicted octanol–water partition coefficient (Wildman–Crippen LogP) is -0.731. The lowest BCUT2D eigenvalue weighted by atomic mass is 10.2. The van der Waals surface area contributed by atoms with Gasteiger partial charge >= 0.3 is 12.0 Å². The molecule has 1 aliphatic rings.